The summed E-state index contributed by atoms with van der Waals surface area (Å²) in [6, 6.07) is 17.7. The molecule has 3 aromatic carbocycles. The van der Waals surface area contributed by atoms with Gasteiger partial charge in [0.05, 0.1) is 22.8 Å². The lowest BCUT2D eigenvalue weighted by molar-refractivity contribution is -0.115. The van der Waals surface area contributed by atoms with E-state index in [0.29, 0.717) is 10.2 Å². The van der Waals surface area contributed by atoms with Crippen LogP contribution in [0.1, 0.15) is 16.7 Å². The summed E-state index contributed by atoms with van der Waals surface area (Å²) in [5.74, 6) is 0.109. The fraction of sp³-hybridized carbons (Fsp3) is 0.167. The fourth-order valence-electron chi connectivity index (χ4n) is 4.10. The number of carbonyl (C=O) groups excluding carboxylic acids is 1. The summed E-state index contributed by atoms with van der Waals surface area (Å²) in [5, 5.41) is 13.4. The van der Waals surface area contributed by atoms with E-state index >= 15 is 0 Å². The molecule has 1 amide bonds. The van der Waals surface area contributed by atoms with Crippen LogP contribution in [0.3, 0.4) is 0 Å². The molecule has 1 aromatic heterocycles. The van der Waals surface area contributed by atoms with Crippen molar-refractivity contribution in [1.82, 2.24) is 20.2 Å². The number of aromatic nitrogens is 4. The summed E-state index contributed by atoms with van der Waals surface area (Å²) in [7, 11) is 0. The Bertz CT molecular complexity index is 1360. The fourth-order valence-corrected chi connectivity index (χ4v) is 6.03. The zero-order valence-electron chi connectivity index (χ0n) is 18.2. The lowest BCUT2D eigenvalue weighted by atomic mass is 10.1. The Morgan fingerprint density at radius 1 is 1.00 bits per heavy atom. The summed E-state index contributed by atoms with van der Waals surface area (Å²) < 4.78 is 1.72. The molecular formula is C24H20ClN5OS2. The van der Waals surface area contributed by atoms with E-state index in [-0.39, 0.29) is 11.7 Å². The number of amides is 1. The van der Waals surface area contributed by atoms with E-state index in [4.69, 9.17) is 11.6 Å². The van der Waals surface area contributed by atoms with Gasteiger partial charge in [0.25, 0.3) is 0 Å². The number of aryl methyl sites for hydroxylation is 3. The Morgan fingerprint density at radius 3 is 2.52 bits per heavy atom. The first-order valence-corrected chi connectivity index (χ1v) is 12.5. The molecule has 0 aliphatic carbocycles. The van der Waals surface area contributed by atoms with E-state index in [9.17, 15) is 4.79 Å². The number of carbonyl (C=O) groups is 1. The largest absolute Gasteiger partial charge is 0.278 e. The van der Waals surface area contributed by atoms with Crippen molar-refractivity contribution in [1.29, 1.82) is 0 Å². The maximum Gasteiger partial charge on any atom is 0.242 e. The highest BCUT2D eigenvalue weighted by atomic mass is 35.5. The van der Waals surface area contributed by atoms with Gasteiger partial charge in [0.2, 0.25) is 11.1 Å². The molecule has 6 nitrogen and oxygen atoms in total. The van der Waals surface area contributed by atoms with E-state index < -0.39 is 0 Å². The van der Waals surface area contributed by atoms with Crippen LogP contribution in [-0.4, -0.2) is 31.9 Å². The normalized spacial score (nSPS) is 12.4. The molecule has 0 saturated carbocycles. The summed E-state index contributed by atoms with van der Waals surface area (Å²) in [5.41, 5.74) is 5.94. The molecule has 0 unspecified atom stereocenters. The Labute approximate surface area is 205 Å². The quantitative estimate of drug-likeness (QED) is 0.317. The molecule has 166 valence electrons. The van der Waals surface area contributed by atoms with Crippen molar-refractivity contribution in [3.63, 3.8) is 0 Å². The van der Waals surface area contributed by atoms with Crippen molar-refractivity contribution < 1.29 is 4.79 Å². The number of anilines is 2. The lowest BCUT2D eigenvalue weighted by Crippen LogP contribution is -2.30. The molecule has 0 radical (unpaired) electrons. The first-order valence-electron chi connectivity index (χ1n) is 10.3. The number of fused-ring (bicyclic) bond motifs is 2. The Balaban J connectivity index is 1.45. The van der Waals surface area contributed by atoms with Gasteiger partial charge in [-0.05, 0) is 72.7 Å². The molecule has 0 fully saturated rings. The maximum atomic E-state index is 13.5. The Hall–Kier alpha value is -2.81. The van der Waals surface area contributed by atoms with Gasteiger partial charge in [-0.25, -0.2) is 0 Å². The first kappa shape index (κ1) is 22.0. The van der Waals surface area contributed by atoms with Gasteiger partial charge in [-0.1, -0.05) is 65.0 Å². The molecule has 33 heavy (non-hydrogen) atoms. The zero-order valence-corrected chi connectivity index (χ0v) is 20.6. The van der Waals surface area contributed by atoms with Crippen molar-refractivity contribution in [2.75, 3.05) is 10.7 Å². The number of rotatable bonds is 4. The third kappa shape index (κ3) is 4.14. The molecular weight excluding hydrogens is 474 g/mol. The van der Waals surface area contributed by atoms with Gasteiger partial charge in [-0.2, -0.15) is 4.68 Å². The van der Waals surface area contributed by atoms with Gasteiger partial charge in [-0.15, -0.1) is 5.10 Å². The van der Waals surface area contributed by atoms with E-state index in [1.807, 2.05) is 56.3 Å². The zero-order chi connectivity index (χ0) is 23.1. The van der Waals surface area contributed by atoms with Crippen molar-refractivity contribution in [3.05, 3.63) is 76.3 Å². The third-order valence-corrected chi connectivity index (χ3v) is 7.62. The molecule has 2 heterocycles. The predicted octanol–water partition coefficient (Wildman–Crippen LogP) is 6.16. The molecule has 9 heteroatoms. The first-order chi connectivity index (χ1) is 15.9. The lowest BCUT2D eigenvalue weighted by Gasteiger charge is -2.31. The van der Waals surface area contributed by atoms with E-state index in [0.717, 1.165) is 38.0 Å². The highest BCUT2D eigenvalue weighted by molar-refractivity contribution is 8.00. The molecule has 1 aliphatic rings. The smallest absolute Gasteiger partial charge is 0.242 e. The van der Waals surface area contributed by atoms with E-state index in [1.165, 1.54) is 17.3 Å². The molecule has 0 spiro atoms. The van der Waals surface area contributed by atoms with Crippen LogP contribution in [0, 0.1) is 20.8 Å². The van der Waals surface area contributed by atoms with Crippen molar-refractivity contribution in [2.45, 2.75) is 35.7 Å². The minimum absolute atomic E-state index is 0.0665. The van der Waals surface area contributed by atoms with Gasteiger partial charge in [-0.3, -0.25) is 9.69 Å². The van der Waals surface area contributed by atoms with Crippen LogP contribution in [-0.2, 0) is 4.79 Å². The number of nitrogens with zero attached hydrogens (tertiary/aromatic N) is 5. The van der Waals surface area contributed by atoms with Crippen LogP contribution in [0.4, 0.5) is 11.4 Å². The van der Waals surface area contributed by atoms with Crippen molar-refractivity contribution in [2.24, 2.45) is 0 Å². The number of para-hydroxylation sites is 1. The van der Waals surface area contributed by atoms with Crippen LogP contribution in [0.2, 0.25) is 5.02 Å². The number of halogens is 1. The van der Waals surface area contributed by atoms with E-state index in [1.54, 1.807) is 21.3 Å². The van der Waals surface area contributed by atoms with Gasteiger partial charge in [0.15, 0.2) is 0 Å². The van der Waals surface area contributed by atoms with Crippen LogP contribution in [0.15, 0.2) is 69.5 Å². The van der Waals surface area contributed by atoms with E-state index in [2.05, 4.69) is 34.6 Å². The number of tetrazole rings is 1. The molecule has 1 aliphatic heterocycles. The van der Waals surface area contributed by atoms with Gasteiger partial charge in [0.1, 0.15) is 0 Å². The highest BCUT2D eigenvalue weighted by Crippen LogP contribution is 2.49. The number of thioether (sulfide) groups is 1. The topological polar surface area (TPSA) is 63.9 Å². The minimum atomic E-state index is -0.0665. The summed E-state index contributed by atoms with van der Waals surface area (Å²) in [4.78, 5) is 17.3. The van der Waals surface area contributed by atoms with Crippen molar-refractivity contribution >= 4 is 52.4 Å². The third-order valence-electron chi connectivity index (χ3n) is 5.35. The standard InChI is InChI=1S/C24H20ClN5OS2/c1-14-10-15(2)23(16(3)11-14)30-24(26-27-28-30)32-13-22(31)29-18-6-4-5-7-20(18)33-21-9-8-17(25)12-19(21)29/h4-12H,13H2,1-3H3. The van der Waals surface area contributed by atoms with Crippen LogP contribution in [0.5, 0.6) is 0 Å². The second kappa shape index (κ2) is 8.85. The number of hydrogen-bond acceptors (Lipinski definition) is 6. The molecule has 0 atom stereocenters. The molecule has 5 rings (SSSR count). The molecule has 0 bridgehead atoms. The van der Waals surface area contributed by atoms with Gasteiger partial charge in [0, 0.05) is 14.8 Å². The van der Waals surface area contributed by atoms with Crippen LogP contribution in [0.25, 0.3) is 5.69 Å². The monoisotopic (exact) mass is 493 g/mol. The molecule has 4 aromatic rings. The number of hydrogen-bond donors (Lipinski definition) is 0. The average Bonchev–Trinajstić information content (AvgIpc) is 3.23. The minimum Gasteiger partial charge on any atom is -0.278 e. The SMILES string of the molecule is Cc1cc(C)c(-n2nnnc2SCC(=O)N2c3ccccc3Sc3ccc(Cl)cc32)c(C)c1. The van der Waals surface area contributed by atoms with Gasteiger partial charge >= 0.3 is 0 Å². The average molecular weight is 494 g/mol. The summed E-state index contributed by atoms with van der Waals surface area (Å²) >= 11 is 9.24. The second-order valence-electron chi connectivity index (χ2n) is 7.82. The molecule has 0 saturated heterocycles. The second-order valence-corrected chi connectivity index (χ2v) is 10.3. The molecule has 0 N–H and O–H groups in total. The van der Waals surface area contributed by atoms with Crippen LogP contribution < -0.4 is 4.90 Å². The number of benzene rings is 3. The summed E-state index contributed by atoms with van der Waals surface area (Å²) in [6.07, 6.45) is 0. The predicted molar refractivity (Wildman–Crippen MR) is 133 cm³/mol. The van der Waals surface area contributed by atoms with Gasteiger partial charge < -0.3 is 0 Å². The summed E-state index contributed by atoms with van der Waals surface area (Å²) in [6.45, 7) is 6.15. The highest BCUT2D eigenvalue weighted by Gasteiger charge is 2.29. The maximum absolute atomic E-state index is 13.5. The van der Waals surface area contributed by atoms with Crippen molar-refractivity contribution in [3.8, 4) is 5.69 Å². The Kier molecular flexibility index (Phi) is 5.90. The van der Waals surface area contributed by atoms with Crippen LogP contribution >= 0.6 is 35.1 Å². The Morgan fingerprint density at radius 2 is 1.73 bits per heavy atom.